The van der Waals surface area contributed by atoms with Crippen LogP contribution in [0.25, 0.3) is 11.0 Å². The number of hydrogen-bond donors (Lipinski definition) is 0. The number of benzene rings is 1. The van der Waals surface area contributed by atoms with Crippen molar-refractivity contribution in [3.63, 3.8) is 0 Å². The molecule has 0 bridgehead atoms. The van der Waals surface area contributed by atoms with Gasteiger partial charge < -0.3 is 0 Å². The highest BCUT2D eigenvalue weighted by Crippen LogP contribution is 2.44. The molecule has 0 saturated heterocycles. The Labute approximate surface area is 98.6 Å². The second-order valence-corrected chi connectivity index (χ2v) is 4.38. The molecule has 2 nitrogen and oxygen atoms in total. The molecule has 16 heavy (non-hydrogen) atoms. The summed E-state index contributed by atoms with van der Waals surface area (Å²) in [5.41, 5.74) is 0.357. The third kappa shape index (κ3) is 1.64. The van der Waals surface area contributed by atoms with E-state index in [1.54, 1.807) is 6.07 Å². The molecular weight excluding hydrogens is 264 g/mol. The molecule has 0 N–H and O–H groups in total. The average molecular weight is 269 g/mol. The van der Waals surface area contributed by atoms with Gasteiger partial charge in [0.15, 0.2) is 0 Å². The van der Waals surface area contributed by atoms with Gasteiger partial charge in [0.05, 0.1) is 11.0 Å². The first kappa shape index (κ1) is 11.5. The van der Waals surface area contributed by atoms with Crippen LogP contribution in [-0.4, -0.2) is 14.1 Å². The van der Waals surface area contributed by atoms with Crippen LogP contribution in [0.15, 0.2) is 30.6 Å². The van der Waals surface area contributed by atoms with E-state index < -0.39 is 10.6 Å². The number of nitrogens with zero attached hydrogens (tertiary/aromatic N) is 2. The summed E-state index contributed by atoms with van der Waals surface area (Å²) in [6.45, 7) is 0. The van der Waals surface area contributed by atoms with Gasteiger partial charge in [-0.05, 0) is 12.1 Å². The van der Waals surface area contributed by atoms with Crippen molar-refractivity contribution in [2.45, 2.75) is 10.6 Å². The van der Waals surface area contributed by atoms with Gasteiger partial charge in [0.2, 0.25) is 0 Å². The lowest BCUT2D eigenvalue weighted by molar-refractivity contribution is -0.129. The molecule has 0 aliphatic rings. The minimum Gasteiger partial charge on any atom is -0.265 e. The SMILES string of the molecule is FC(Cl)(Cl)C(F)(F)n1cnc2ccccc21. The lowest BCUT2D eigenvalue weighted by Crippen LogP contribution is -2.37. The van der Waals surface area contributed by atoms with Crippen LogP contribution in [-0.2, 0) is 6.05 Å². The van der Waals surface area contributed by atoms with E-state index in [4.69, 9.17) is 23.2 Å². The molecule has 0 fully saturated rings. The number of hydrogen-bond acceptors (Lipinski definition) is 1. The molecule has 2 aromatic rings. The van der Waals surface area contributed by atoms with Crippen LogP contribution in [0.1, 0.15) is 0 Å². The first-order valence-corrected chi connectivity index (χ1v) is 4.97. The molecule has 86 valence electrons. The Morgan fingerprint density at radius 3 is 2.38 bits per heavy atom. The van der Waals surface area contributed by atoms with Gasteiger partial charge in [-0.2, -0.15) is 13.2 Å². The van der Waals surface area contributed by atoms with Crippen molar-refractivity contribution in [2.75, 3.05) is 0 Å². The van der Waals surface area contributed by atoms with Gasteiger partial charge >= 0.3 is 10.6 Å². The summed E-state index contributed by atoms with van der Waals surface area (Å²) in [5, 5.41) is 0. The van der Waals surface area contributed by atoms with Crippen LogP contribution in [0.4, 0.5) is 13.2 Å². The molecule has 1 aromatic heterocycles. The molecule has 0 radical (unpaired) electrons. The fourth-order valence-electron chi connectivity index (χ4n) is 1.32. The van der Waals surface area contributed by atoms with E-state index in [0.29, 0.717) is 10.1 Å². The highest BCUT2D eigenvalue weighted by molar-refractivity contribution is 6.47. The summed E-state index contributed by atoms with van der Waals surface area (Å²) < 4.78 is 36.6. The Hall–Kier alpha value is -0.940. The third-order valence-electron chi connectivity index (χ3n) is 2.10. The molecule has 0 amide bonds. The number of fused-ring (bicyclic) bond motifs is 1. The maximum absolute atomic E-state index is 13.5. The monoisotopic (exact) mass is 268 g/mol. The topological polar surface area (TPSA) is 17.8 Å². The van der Waals surface area contributed by atoms with Crippen LogP contribution < -0.4 is 0 Å². The van der Waals surface area contributed by atoms with E-state index in [1.807, 2.05) is 0 Å². The summed E-state index contributed by atoms with van der Waals surface area (Å²) in [6.07, 6.45) is 0.795. The smallest absolute Gasteiger partial charge is 0.265 e. The summed E-state index contributed by atoms with van der Waals surface area (Å²) >= 11 is 9.63. The molecule has 0 spiro atoms. The molecular formula is C9H5Cl2F3N2. The van der Waals surface area contributed by atoms with Crippen molar-refractivity contribution in [3.05, 3.63) is 30.6 Å². The second-order valence-electron chi connectivity index (χ2n) is 3.14. The molecule has 2 rings (SSSR count). The highest BCUT2D eigenvalue weighted by Gasteiger charge is 2.55. The van der Waals surface area contributed by atoms with Crippen molar-refractivity contribution in [1.29, 1.82) is 0 Å². The van der Waals surface area contributed by atoms with E-state index in [-0.39, 0.29) is 5.52 Å². The van der Waals surface area contributed by atoms with E-state index in [9.17, 15) is 13.2 Å². The zero-order valence-corrected chi connectivity index (χ0v) is 9.18. The third-order valence-corrected chi connectivity index (χ3v) is 2.55. The van der Waals surface area contributed by atoms with Gasteiger partial charge in [-0.3, -0.25) is 4.57 Å². The van der Waals surface area contributed by atoms with Gasteiger partial charge in [-0.15, -0.1) is 0 Å². The number of halogens is 5. The van der Waals surface area contributed by atoms with Gasteiger partial charge in [0.1, 0.15) is 6.33 Å². The summed E-state index contributed by atoms with van der Waals surface area (Å²) in [7, 11) is 0. The van der Waals surface area contributed by atoms with Gasteiger partial charge in [0, 0.05) is 0 Å². The summed E-state index contributed by atoms with van der Waals surface area (Å²) in [4.78, 5) is 3.70. The quantitative estimate of drug-likeness (QED) is 0.760. The Bertz CT molecular complexity index is 519. The van der Waals surface area contributed by atoms with Gasteiger partial charge in [-0.25, -0.2) is 4.98 Å². The van der Waals surface area contributed by atoms with E-state index >= 15 is 0 Å². The van der Waals surface area contributed by atoms with Crippen LogP contribution in [0, 0.1) is 0 Å². The fraction of sp³-hybridized carbons (Fsp3) is 0.222. The number of alkyl halides is 5. The van der Waals surface area contributed by atoms with Crippen molar-refractivity contribution >= 4 is 34.2 Å². The van der Waals surface area contributed by atoms with E-state index in [1.165, 1.54) is 18.2 Å². The van der Waals surface area contributed by atoms with E-state index in [2.05, 4.69) is 4.98 Å². The normalized spacial score (nSPS) is 13.3. The van der Waals surface area contributed by atoms with Crippen LogP contribution in [0.5, 0.6) is 0 Å². The Balaban J connectivity index is 2.64. The largest absolute Gasteiger partial charge is 0.392 e. The zero-order valence-electron chi connectivity index (χ0n) is 7.67. The van der Waals surface area contributed by atoms with Crippen molar-refractivity contribution in [2.24, 2.45) is 0 Å². The molecule has 1 aromatic carbocycles. The van der Waals surface area contributed by atoms with Crippen molar-refractivity contribution < 1.29 is 13.2 Å². The number of rotatable bonds is 2. The predicted octanol–water partition coefficient (Wildman–Crippen LogP) is 3.69. The number of imidazole rings is 1. The van der Waals surface area contributed by atoms with Crippen LogP contribution >= 0.6 is 23.2 Å². The van der Waals surface area contributed by atoms with Crippen molar-refractivity contribution in [1.82, 2.24) is 9.55 Å². The first-order valence-electron chi connectivity index (χ1n) is 4.21. The molecule has 0 aliphatic carbocycles. The van der Waals surface area contributed by atoms with Gasteiger partial charge in [-0.1, -0.05) is 35.3 Å². The maximum Gasteiger partial charge on any atom is 0.392 e. The Morgan fingerprint density at radius 1 is 1.12 bits per heavy atom. The molecule has 0 aliphatic heterocycles. The van der Waals surface area contributed by atoms with Crippen molar-refractivity contribution in [3.8, 4) is 0 Å². The molecule has 0 atom stereocenters. The summed E-state index contributed by atoms with van der Waals surface area (Å²) in [6, 6.07) is 1.95. The number of para-hydroxylation sites is 2. The first-order chi connectivity index (χ1) is 7.34. The van der Waals surface area contributed by atoms with Crippen LogP contribution in [0.3, 0.4) is 0 Å². The molecule has 0 saturated carbocycles. The highest BCUT2D eigenvalue weighted by atomic mass is 35.5. The fourth-order valence-corrected chi connectivity index (χ4v) is 1.50. The zero-order chi connectivity index (χ0) is 12.0. The Kier molecular flexibility index (Phi) is 2.55. The average Bonchev–Trinajstić information content (AvgIpc) is 2.59. The second kappa shape index (κ2) is 3.53. The van der Waals surface area contributed by atoms with Crippen LogP contribution in [0.2, 0.25) is 0 Å². The lowest BCUT2D eigenvalue weighted by atomic mass is 10.3. The molecule has 0 unspecified atom stereocenters. The van der Waals surface area contributed by atoms with Gasteiger partial charge in [0.25, 0.3) is 0 Å². The summed E-state index contributed by atoms with van der Waals surface area (Å²) in [5.74, 6) is 0. The minimum absolute atomic E-state index is 0.0517. The lowest BCUT2D eigenvalue weighted by Gasteiger charge is -2.23. The maximum atomic E-state index is 13.5. The van der Waals surface area contributed by atoms with E-state index in [0.717, 1.165) is 6.33 Å². The minimum atomic E-state index is -4.09. The molecule has 7 heteroatoms. The number of aromatic nitrogens is 2. The predicted molar refractivity (Wildman–Crippen MR) is 55.5 cm³/mol. The Morgan fingerprint density at radius 2 is 1.75 bits per heavy atom. The molecule has 1 heterocycles. The standard InChI is InChI=1S/C9H5Cl2F3N2/c10-8(11,12)9(13,14)16-5-15-6-3-1-2-4-7(6)16/h1-5H.